The number of benzene rings is 2. The summed E-state index contributed by atoms with van der Waals surface area (Å²) in [5, 5.41) is 0. The molecule has 0 bridgehead atoms. The topological polar surface area (TPSA) is 63.4 Å². The number of hydrogen-bond donors (Lipinski definition) is 1. The summed E-state index contributed by atoms with van der Waals surface area (Å²) in [5.74, 6) is -0.553. The summed E-state index contributed by atoms with van der Waals surface area (Å²) in [4.78, 5) is 26.5. The van der Waals surface area contributed by atoms with Gasteiger partial charge in [-0.15, -0.1) is 0 Å². The summed E-state index contributed by atoms with van der Waals surface area (Å²) in [6.45, 7) is 1.03. The molecule has 0 unspecified atom stereocenters. The van der Waals surface area contributed by atoms with E-state index >= 15 is 0 Å². The minimum absolute atomic E-state index is 0.0560. The molecule has 2 aromatic rings. The van der Waals surface area contributed by atoms with Crippen molar-refractivity contribution >= 4 is 11.8 Å². The number of nitrogens with two attached hydrogens (primary N) is 1. The largest absolute Gasteiger partial charge is 0.369 e. The van der Waals surface area contributed by atoms with Crippen molar-refractivity contribution in [2.24, 2.45) is 5.73 Å². The first kappa shape index (κ1) is 18.1. The maximum absolute atomic E-state index is 12.9. The highest BCUT2D eigenvalue weighted by molar-refractivity contribution is 5.87. The molecule has 3 rings (SSSR count). The van der Waals surface area contributed by atoms with Crippen LogP contribution in [0.3, 0.4) is 0 Å². The second-order valence-electron chi connectivity index (χ2n) is 6.82. The van der Waals surface area contributed by atoms with Crippen LogP contribution in [0.4, 0.5) is 4.39 Å². The average molecular weight is 354 g/mol. The SMILES string of the molecule is NC(=O)C1(c2ccccc2)CCN(C(=O)CCc2ccc(F)cc2)CC1. The van der Waals surface area contributed by atoms with Crippen LogP contribution in [0.15, 0.2) is 54.6 Å². The van der Waals surface area contributed by atoms with Crippen molar-refractivity contribution in [1.82, 2.24) is 4.90 Å². The number of halogens is 1. The van der Waals surface area contributed by atoms with Crippen molar-refractivity contribution in [2.75, 3.05) is 13.1 Å². The monoisotopic (exact) mass is 354 g/mol. The van der Waals surface area contributed by atoms with Crippen LogP contribution in [0.2, 0.25) is 0 Å². The van der Waals surface area contributed by atoms with Crippen LogP contribution in [0, 0.1) is 5.82 Å². The van der Waals surface area contributed by atoms with Crippen LogP contribution >= 0.6 is 0 Å². The van der Waals surface area contributed by atoms with Crippen LogP contribution in [0.25, 0.3) is 0 Å². The van der Waals surface area contributed by atoms with E-state index < -0.39 is 5.41 Å². The van der Waals surface area contributed by atoms with Gasteiger partial charge in [-0.3, -0.25) is 9.59 Å². The zero-order valence-corrected chi connectivity index (χ0v) is 14.7. The number of carbonyl (C=O) groups excluding carboxylic acids is 2. The zero-order valence-electron chi connectivity index (χ0n) is 14.7. The number of piperidine rings is 1. The lowest BCUT2D eigenvalue weighted by atomic mass is 9.72. The van der Waals surface area contributed by atoms with Crippen molar-refractivity contribution in [3.63, 3.8) is 0 Å². The molecule has 1 aliphatic rings. The predicted molar refractivity (Wildman–Crippen MR) is 97.8 cm³/mol. The van der Waals surface area contributed by atoms with E-state index in [9.17, 15) is 14.0 Å². The maximum Gasteiger partial charge on any atom is 0.228 e. The number of amides is 2. The van der Waals surface area contributed by atoms with Crippen LogP contribution < -0.4 is 5.73 Å². The summed E-state index contributed by atoms with van der Waals surface area (Å²) >= 11 is 0. The van der Waals surface area contributed by atoms with E-state index in [1.54, 1.807) is 17.0 Å². The van der Waals surface area contributed by atoms with Gasteiger partial charge >= 0.3 is 0 Å². The van der Waals surface area contributed by atoms with E-state index in [1.807, 2.05) is 30.3 Å². The molecule has 4 nitrogen and oxygen atoms in total. The summed E-state index contributed by atoms with van der Waals surface area (Å²) in [6.07, 6.45) is 2.03. The first-order chi connectivity index (χ1) is 12.5. The Balaban J connectivity index is 1.60. The Morgan fingerprint density at radius 2 is 1.62 bits per heavy atom. The van der Waals surface area contributed by atoms with Gasteiger partial charge in [0.1, 0.15) is 5.82 Å². The standard InChI is InChI=1S/C21H23FN2O2/c22-18-9-6-16(7-10-18)8-11-19(25)24-14-12-21(13-15-24,20(23)26)17-4-2-1-3-5-17/h1-7,9-10H,8,11-15H2,(H2,23,26). The van der Waals surface area contributed by atoms with Crippen molar-refractivity contribution in [2.45, 2.75) is 31.1 Å². The van der Waals surface area contributed by atoms with E-state index in [-0.39, 0.29) is 17.6 Å². The molecule has 1 aliphatic heterocycles. The molecular formula is C21H23FN2O2. The fraction of sp³-hybridized carbons (Fsp3) is 0.333. The van der Waals surface area contributed by atoms with Gasteiger partial charge in [-0.2, -0.15) is 0 Å². The molecule has 2 N–H and O–H groups in total. The highest BCUT2D eigenvalue weighted by Gasteiger charge is 2.42. The van der Waals surface area contributed by atoms with E-state index in [4.69, 9.17) is 5.73 Å². The number of aryl methyl sites for hydroxylation is 1. The van der Waals surface area contributed by atoms with Gasteiger partial charge in [-0.05, 0) is 42.5 Å². The van der Waals surface area contributed by atoms with E-state index in [1.165, 1.54) is 12.1 Å². The smallest absolute Gasteiger partial charge is 0.228 e. The molecule has 1 saturated heterocycles. The summed E-state index contributed by atoms with van der Waals surface area (Å²) < 4.78 is 12.9. The van der Waals surface area contributed by atoms with Crippen molar-refractivity contribution < 1.29 is 14.0 Å². The number of nitrogens with zero attached hydrogens (tertiary/aromatic N) is 1. The number of primary amides is 1. The highest BCUT2D eigenvalue weighted by Crippen LogP contribution is 2.35. The Bertz CT molecular complexity index is 766. The Hall–Kier alpha value is -2.69. The molecule has 2 amide bonds. The Morgan fingerprint density at radius 1 is 1.00 bits per heavy atom. The van der Waals surface area contributed by atoms with Crippen LogP contribution in [-0.4, -0.2) is 29.8 Å². The molecule has 0 aromatic heterocycles. The van der Waals surface area contributed by atoms with E-state index in [0.717, 1.165) is 11.1 Å². The van der Waals surface area contributed by atoms with Crippen molar-refractivity contribution in [3.05, 3.63) is 71.5 Å². The number of hydrogen-bond acceptors (Lipinski definition) is 2. The molecule has 0 spiro atoms. The third kappa shape index (κ3) is 3.77. The van der Waals surface area contributed by atoms with E-state index in [2.05, 4.69) is 0 Å². The summed E-state index contributed by atoms with van der Waals surface area (Å²) in [7, 11) is 0. The predicted octanol–water partition coefficient (Wildman–Crippen LogP) is 2.80. The highest BCUT2D eigenvalue weighted by atomic mass is 19.1. The zero-order chi connectivity index (χ0) is 18.6. The first-order valence-corrected chi connectivity index (χ1v) is 8.89. The molecule has 2 aromatic carbocycles. The molecule has 136 valence electrons. The van der Waals surface area contributed by atoms with Gasteiger partial charge in [-0.25, -0.2) is 4.39 Å². The van der Waals surface area contributed by atoms with Crippen molar-refractivity contribution in [3.8, 4) is 0 Å². The van der Waals surface area contributed by atoms with Gasteiger partial charge in [0.2, 0.25) is 11.8 Å². The fourth-order valence-electron chi connectivity index (χ4n) is 3.63. The number of likely N-dealkylation sites (tertiary alicyclic amines) is 1. The molecule has 0 aliphatic carbocycles. The molecule has 26 heavy (non-hydrogen) atoms. The fourth-order valence-corrected chi connectivity index (χ4v) is 3.63. The lowest BCUT2D eigenvalue weighted by Gasteiger charge is -2.40. The lowest BCUT2D eigenvalue weighted by Crippen LogP contribution is -2.51. The van der Waals surface area contributed by atoms with Gasteiger partial charge < -0.3 is 10.6 Å². The Labute approximate surface area is 152 Å². The first-order valence-electron chi connectivity index (χ1n) is 8.89. The molecule has 1 fully saturated rings. The molecule has 0 atom stereocenters. The van der Waals surface area contributed by atoms with Gasteiger partial charge in [0.05, 0.1) is 5.41 Å². The molecule has 0 saturated carbocycles. The van der Waals surface area contributed by atoms with Crippen molar-refractivity contribution in [1.29, 1.82) is 0 Å². The van der Waals surface area contributed by atoms with Gasteiger partial charge in [0.15, 0.2) is 0 Å². The average Bonchev–Trinajstić information content (AvgIpc) is 2.68. The van der Waals surface area contributed by atoms with Gasteiger partial charge in [0.25, 0.3) is 0 Å². The summed E-state index contributed by atoms with van der Waals surface area (Å²) in [6, 6.07) is 15.8. The van der Waals surface area contributed by atoms with Crippen LogP contribution in [0.5, 0.6) is 0 Å². The molecule has 5 heteroatoms. The van der Waals surface area contributed by atoms with E-state index in [0.29, 0.717) is 38.8 Å². The number of carbonyl (C=O) groups is 2. The molecule has 0 radical (unpaired) electrons. The summed E-state index contributed by atoms with van der Waals surface area (Å²) in [5.41, 5.74) is 6.89. The van der Waals surface area contributed by atoms with Gasteiger partial charge in [0, 0.05) is 19.5 Å². The maximum atomic E-state index is 12.9. The lowest BCUT2D eigenvalue weighted by molar-refractivity contribution is -0.135. The number of rotatable bonds is 5. The third-order valence-electron chi connectivity index (χ3n) is 5.31. The Morgan fingerprint density at radius 3 is 2.19 bits per heavy atom. The van der Waals surface area contributed by atoms with Crippen LogP contribution in [0.1, 0.15) is 30.4 Å². The minimum Gasteiger partial charge on any atom is -0.369 e. The third-order valence-corrected chi connectivity index (χ3v) is 5.31. The minimum atomic E-state index is -0.699. The second-order valence-corrected chi connectivity index (χ2v) is 6.82. The Kier molecular flexibility index (Phi) is 5.35. The molecule has 1 heterocycles. The second kappa shape index (κ2) is 7.68. The normalized spacial score (nSPS) is 16.3. The quantitative estimate of drug-likeness (QED) is 0.897. The molecular weight excluding hydrogens is 331 g/mol. The van der Waals surface area contributed by atoms with Crippen LogP contribution in [-0.2, 0) is 21.4 Å². The van der Waals surface area contributed by atoms with Gasteiger partial charge in [-0.1, -0.05) is 42.5 Å².